The highest BCUT2D eigenvalue weighted by atomic mass is 16.5. The first-order chi connectivity index (χ1) is 13.3. The Labute approximate surface area is 157 Å². The van der Waals surface area contributed by atoms with Crippen molar-refractivity contribution in [1.29, 1.82) is 5.26 Å². The van der Waals surface area contributed by atoms with E-state index >= 15 is 0 Å². The van der Waals surface area contributed by atoms with E-state index in [1.54, 1.807) is 4.68 Å². The van der Waals surface area contributed by atoms with E-state index in [9.17, 15) is 5.26 Å². The van der Waals surface area contributed by atoms with Gasteiger partial charge in [0.1, 0.15) is 18.5 Å². The third kappa shape index (κ3) is 3.33. The fraction of sp³-hybridized carbons (Fsp3) is 0.0909. The molecule has 0 amide bonds. The van der Waals surface area contributed by atoms with Crippen LogP contribution < -0.4 is 10.5 Å². The first-order valence-electron chi connectivity index (χ1n) is 8.66. The summed E-state index contributed by atoms with van der Waals surface area (Å²) in [6, 6.07) is 26.1. The predicted molar refractivity (Wildman–Crippen MR) is 105 cm³/mol. The number of rotatable bonds is 5. The van der Waals surface area contributed by atoms with E-state index < -0.39 is 0 Å². The van der Waals surface area contributed by atoms with Gasteiger partial charge < -0.3 is 10.5 Å². The topological polar surface area (TPSA) is 76.9 Å². The molecule has 0 aliphatic heterocycles. The van der Waals surface area contributed by atoms with Crippen LogP contribution in [0.1, 0.15) is 16.7 Å². The molecule has 0 saturated carbocycles. The number of benzene rings is 3. The molecular weight excluding hydrogens is 336 g/mol. The van der Waals surface area contributed by atoms with Crippen LogP contribution >= 0.6 is 0 Å². The van der Waals surface area contributed by atoms with Crippen LogP contribution in [0.4, 0.5) is 5.82 Å². The number of nitrogens with two attached hydrogens (primary N) is 1. The molecule has 0 bridgehead atoms. The number of anilines is 1. The van der Waals surface area contributed by atoms with Crippen molar-refractivity contribution in [3.8, 4) is 11.9 Å². The Morgan fingerprint density at radius 3 is 2.52 bits per heavy atom. The van der Waals surface area contributed by atoms with Crippen LogP contribution in [-0.2, 0) is 13.2 Å². The summed E-state index contributed by atoms with van der Waals surface area (Å²) in [5, 5.41) is 16.2. The van der Waals surface area contributed by atoms with Crippen LogP contribution in [0.15, 0.2) is 72.8 Å². The molecule has 0 radical (unpaired) electrons. The highest BCUT2D eigenvalue weighted by Crippen LogP contribution is 2.26. The van der Waals surface area contributed by atoms with Crippen molar-refractivity contribution in [2.45, 2.75) is 13.2 Å². The second kappa shape index (κ2) is 7.22. The summed E-state index contributed by atoms with van der Waals surface area (Å²) in [5.41, 5.74) is 8.53. The Morgan fingerprint density at radius 2 is 1.70 bits per heavy atom. The first-order valence-corrected chi connectivity index (χ1v) is 8.66. The van der Waals surface area contributed by atoms with Gasteiger partial charge in [0.2, 0.25) is 0 Å². The van der Waals surface area contributed by atoms with Gasteiger partial charge in [0, 0.05) is 0 Å². The second-order valence-corrected chi connectivity index (χ2v) is 6.25. The summed E-state index contributed by atoms with van der Waals surface area (Å²) in [4.78, 5) is 0. The Morgan fingerprint density at radius 1 is 0.963 bits per heavy atom. The van der Waals surface area contributed by atoms with Crippen molar-refractivity contribution in [1.82, 2.24) is 9.78 Å². The van der Waals surface area contributed by atoms with E-state index in [1.165, 1.54) is 0 Å². The Bertz CT molecular complexity index is 1120. The molecule has 4 aromatic rings. The lowest BCUT2D eigenvalue weighted by Crippen LogP contribution is -2.07. The molecule has 0 fully saturated rings. The first kappa shape index (κ1) is 16.7. The van der Waals surface area contributed by atoms with E-state index in [2.05, 4.69) is 29.4 Å². The van der Waals surface area contributed by atoms with E-state index in [0.717, 1.165) is 21.9 Å². The van der Waals surface area contributed by atoms with E-state index in [0.29, 0.717) is 19.0 Å². The van der Waals surface area contributed by atoms with Gasteiger partial charge in [0.25, 0.3) is 5.88 Å². The Balaban J connectivity index is 1.63. The van der Waals surface area contributed by atoms with Crippen molar-refractivity contribution >= 4 is 16.6 Å². The molecule has 5 nitrogen and oxygen atoms in total. The van der Waals surface area contributed by atoms with Crippen molar-refractivity contribution in [3.63, 3.8) is 0 Å². The lowest BCUT2D eigenvalue weighted by Gasteiger charge is -2.08. The molecule has 0 spiro atoms. The number of hydrogen-bond donors (Lipinski definition) is 1. The average Bonchev–Trinajstić information content (AvgIpc) is 3.02. The zero-order valence-corrected chi connectivity index (χ0v) is 14.7. The van der Waals surface area contributed by atoms with Gasteiger partial charge in [-0.3, -0.25) is 0 Å². The molecule has 5 heteroatoms. The molecule has 4 rings (SSSR count). The van der Waals surface area contributed by atoms with Crippen LogP contribution in [-0.4, -0.2) is 9.78 Å². The summed E-state index contributed by atoms with van der Waals surface area (Å²) in [6.07, 6.45) is 0. The van der Waals surface area contributed by atoms with Crippen molar-refractivity contribution in [3.05, 3.63) is 89.5 Å². The summed E-state index contributed by atoms with van der Waals surface area (Å²) in [7, 11) is 0. The third-order valence-electron chi connectivity index (χ3n) is 4.49. The second-order valence-electron chi connectivity index (χ2n) is 6.25. The summed E-state index contributed by atoms with van der Waals surface area (Å²) < 4.78 is 7.39. The quantitative estimate of drug-likeness (QED) is 0.585. The molecular formula is C22H18N4O. The maximum absolute atomic E-state index is 9.48. The molecule has 0 atom stereocenters. The SMILES string of the molecule is N#Cc1c(OCc2ccccc2)nn(Cc2cccc3ccccc23)c1N. The minimum absolute atomic E-state index is 0.263. The van der Waals surface area contributed by atoms with Crippen LogP contribution in [0.3, 0.4) is 0 Å². The number of fused-ring (bicyclic) bond motifs is 1. The minimum Gasteiger partial charge on any atom is -0.471 e. The smallest absolute Gasteiger partial charge is 0.253 e. The van der Waals surface area contributed by atoms with Gasteiger partial charge in [-0.1, -0.05) is 72.8 Å². The maximum atomic E-state index is 9.48. The lowest BCUT2D eigenvalue weighted by atomic mass is 10.0. The van der Waals surface area contributed by atoms with Crippen molar-refractivity contribution in [2.24, 2.45) is 0 Å². The van der Waals surface area contributed by atoms with E-state index in [-0.39, 0.29) is 11.4 Å². The minimum atomic E-state index is 0.263. The van der Waals surface area contributed by atoms with Gasteiger partial charge in [0.05, 0.1) is 6.54 Å². The van der Waals surface area contributed by atoms with Gasteiger partial charge in [-0.05, 0) is 21.9 Å². The fourth-order valence-corrected chi connectivity index (χ4v) is 3.10. The molecule has 0 aliphatic carbocycles. The van der Waals surface area contributed by atoms with Crippen molar-refractivity contribution in [2.75, 3.05) is 5.73 Å². The fourth-order valence-electron chi connectivity index (χ4n) is 3.10. The Kier molecular flexibility index (Phi) is 4.46. The molecule has 3 aromatic carbocycles. The van der Waals surface area contributed by atoms with Gasteiger partial charge in [0.15, 0.2) is 5.56 Å². The molecule has 1 heterocycles. The molecule has 2 N–H and O–H groups in total. The third-order valence-corrected chi connectivity index (χ3v) is 4.49. The number of nitriles is 1. The highest BCUT2D eigenvalue weighted by Gasteiger charge is 2.17. The Hall–Kier alpha value is -3.78. The maximum Gasteiger partial charge on any atom is 0.253 e. The average molecular weight is 354 g/mol. The predicted octanol–water partition coefficient (Wildman–Crippen LogP) is 4.12. The largest absolute Gasteiger partial charge is 0.471 e. The molecule has 0 saturated heterocycles. The van der Waals surface area contributed by atoms with Gasteiger partial charge in [-0.2, -0.15) is 5.26 Å². The molecule has 0 aliphatic rings. The summed E-state index contributed by atoms with van der Waals surface area (Å²) in [6.45, 7) is 0.802. The summed E-state index contributed by atoms with van der Waals surface area (Å²) in [5.74, 6) is 0.576. The molecule has 0 unspecified atom stereocenters. The number of nitrogens with zero attached hydrogens (tertiary/aromatic N) is 3. The van der Waals surface area contributed by atoms with Crippen LogP contribution in [0.25, 0.3) is 10.8 Å². The number of nitrogen functional groups attached to an aromatic ring is 1. The van der Waals surface area contributed by atoms with Gasteiger partial charge in [-0.25, -0.2) is 4.68 Å². The molecule has 1 aromatic heterocycles. The zero-order valence-electron chi connectivity index (χ0n) is 14.7. The van der Waals surface area contributed by atoms with E-state index in [1.807, 2.05) is 54.6 Å². The van der Waals surface area contributed by atoms with Crippen LogP contribution in [0.5, 0.6) is 5.88 Å². The summed E-state index contributed by atoms with van der Waals surface area (Å²) >= 11 is 0. The van der Waals surface area contributed by atoms with Gasteiger partial charge in [-0.15, -0.1) is 5.10 Å². The van der Waals surface area contributed by atoms with Crippen LogP contribution in [0.2, 0.25) is 0 Å². The van der Waals surface area contributed by atoms with Gasteiger partial charge >= 0.3 is 0 Å². The lowest BCUT2D eigenvalue weighted by molar-refractivity contribution is 0.289. The molecule has 27 heavy (non-hydrogen) atoms. The van der Waals surface area contributed by atoms with Crippen LogP contribution in [0, 0.1) is 11.3 Å². The highest BCUT2D eigenvalue weighted by molar-refractivity contribution is 5.85. The normalized spacial score (nSPS) is 10.6. The standard InChI is InChI=1S/C22H18N4O/c23-13-20-21(24)26(25-22(20)27-15-16-7-2-1-3-8-16)14-18-11-6-10-17-9-4-5-12-19(17)18/h1-12H,14-15,24H2. The van der Waals surface area contributed by atoms with E-state index in [4.69, 9.17) is 10.5 Å². The number of hydrogen-bond acceptors (Lipinski definition) is 4. The number of ether oxygens (including phenoxy) is 1. The zero-order chi connectivity index (χ0) is 18.6. The number of aromatic nitrogens is 2. The molecule has 132 valence electrons. The van der Waals surface area contributed by atoms with Crippen molar-refractivity contribution < 1.29 is 4.74 Å². The monoisotopic (exact) mass is 354 g/mol.